The largest absolute Gasteiger partial charge is 0.451 e. The Morgan fingerprint density at radius 1 is 1.15 bits per heavy atom. The molecule has 7 heteroatoms. The number of fused-ring (bicyclic) bond motifs is 1. The molecule has 1 heterocycles. The minimum atomic E-state index is -0.460. The first-order valence-electron chi connectivity index (χ1n) is 8.87. The summed E-state index contributed by atoms with van der Waals surface area (Å²) in [6.07, 6.45) is 3.14. The lowest BCUT2D eigenvalue weighted by Crippen LogP contribution is -2.20. The zero-order valence-electron chi connectivity index (χ0n) is 15.3. The summed E-state index contributed by atoms with van der Waals surface area (Å²) in [6, 6.07) is 8.59. The summed E-state index contributed by atoms with van der Waals surface area (Å²) in [6.45, 7) is 3.30. The predicted molar refractivity (Wildman–Crippen MR) is 105 cm³/mol. The maximum atomic E-state index is 12.2. The van der Waals surface area contributed by atoms with E-state index < -0.39 is 11.9 Å². The van der Waals surface area contributed by atoms with Gasteiger partial charge in [0.15, 0.2) is 6.61 Å². The van der Waals surface area contributed by atoms with Gasteiger partial charge in [-0.25, -0.2) is 4.79 Å². The zero-order valence-corrected chi connectivity index (χ0v) is 16.2. The molecule has 27 heavy (non-hydrogen) atoms. The lowest BCUT2D eigenvalue weighted by Gasteiger charge is -2.16. The Bertz CT molecular complexity index is 857. The molecule has 1 aliphatic carbocycles. The number of amides is 2. The summed E-state index contributed by atoms with van der Waals surface area (Å²) in [5.41, 5.74) is 2.43. The Labute approximate surface area is 161 Å². The Balaban J connectivity index is 1.50. The second-order valence-electron chi connectivity index (χ2n) is 6.79. The van der Waals surface area contributed by atoms with E-state index in [0.717, 1.165) is 19.3 Å². The quantitative estimate of drug-likeness (QED) is 0.769. The van der Waals surface area contributed by atoms with Crippen LogP contribution in [0.5, 0.6) is 0 Å². The summed E-state index contributed by atoms with van der Waals surface area (Å²) >= 11 is 1.47. The molecule has 0 saturated heterocycles. The lowest BCUT2D eigenvalue weighted by molar-refractivity contribution is -0.119. The molecule has 0 saturated carbocycles. The summed E-state index contributed by atoms with van der Waals surface area (Å²) < 4.78 is 5.15. The van der Waals surface area contributed by atoms with E-state index in [4.69, 9.17) is 4.74 Å². The van der Waals surface area contributed by atoms with E-state index in [1.807, 2.05) is 6.07 Å². The van der Waals surface area contributed by atoms with Crippen molar-refractivity contribution in [3.63, 3.8) is 0 Å². The molecule has 0 aliphatic heterocycles. The highest BCUT2D eigenvalue weighted by atomic mass is 32.1. The van der Waals surface area contributed by atoms with Gasteiger partial charge in [0, 0.05) is 23.2 Å². The van der Waals surface area contributed by atoms with E-state index in [0.29, 0.717) is 22.2 Å². The number of rotatable bonds is 5. The van der Waals surface area contributed by atoms with Gasteiger partial charge in [-0.2, -0.15) is 0 Å². The van der Waals surface area contributed by atoms with Crippen molar-refractivity contribution in [1.29, 1.82) is 0 Å². The third kappa shape index (κ3) is 5.17. The molecule has 1 aromatic heterocycles. The smallest absolute Gasteiger partial charge is 0.348 e. The second kappa shape index (κ2) is 8.35. The van der Waals surface area contributed by atoms with Gasteiger partial charge in [0.2, 0.25) is 5.91 Å². The molecule has 1 atom stereocenters. The number of esters is 1. The molecule has 0 fully saturated rings. The van der Waals surface area contributed by atoms with Crippen molar-refractivity contribution in [2.75, 3.05) is 17.2 Å². The molecular formula is C20H22N2O4S. The first kappa shape index (κ1) is 19.1. The standard InChI is InChI=1S/C20H22N2O4S/c1-12-3-8-17-14(9-12)10-18(27-17)20(25)26-11-19(24)22-16-6-4-15(5-7-16)21-13(2)23/h4-7,10,12H,3,8-9,11H2,1-2H3,(H,21,23)(H,22,24)/t12-/m1/s1. The van der Waals surface area contributed by atoms with Crippen molar-refractivity contribution in [2.24, 2.45) is 5.92 Å². The van der Waals surface area contributed by atoms with Gasteiger partial charge >= 0.3 is 5.97 Å². The van der Waals surface area contributed by atoms with Gasteiger partial charge in [0.1, 0.15) is 4.88 Å². The molecule has 142 valence electrons. The van der Waals surface area contributed by atoms with Crippen LogP contribution in [0.1, 0.15) is 40.4 Å². The average molecular weight is 386 g/mol. The summed E-state index contributed by atoms with van der Waals surface area (Å²) in [5, 5.41) is 5.31. The number of anilines is 2. The van der Waals surface area contributed by atoms with Gasteiger partial charge in [-0.1, -0.05) is 6.92 Å². The zero-order chi connectivity index (χ0) is 19.4. The number of nitrogens with one attached hydrogen (secondary N) is 2. The molecule has 2 amide bonds. The van der Waals surface area contributed by atoms with Crippen molar-refractivity contribution in [1.82, 2.24) is 0 Å². The van der Waals surface area contributed by atoms with Crippen LogP contribution in [0.3, 0.4) is 0 Å². The number of benzene rings is 1. The maximum Gasteiger partial charge on any atom is 0.348 e. The van der Waals surface area contributed by atoms with Crippen molar-refractivity contribution < 1.29 is 19.1 Å². The number of aryl methyl sites for hydroxylation is 1. The highest BCUT2D eigenvalue weighted by molar-refractivity contribution is 7.14. The van der Waals surface area contributed by atoms with Crippen LogP contribution in [-0.2, 0) is 27.2 Å². The van der Waals surface area contributed by atoms with Gasteiger partial charge in [0.25, 0.3) is 5.91 Å². The van der Waals surface area contributed by atoms with E-state index in [-0.39, 0.29) is 12.5 Å². The van der Waals surface area contributed by atoms with Crippen LogP contribution in [0.2, 0.25) is 0 Å². The molecule has 3 rings (SSSR count). The molecule has 1 aliphatic rings. The molecule has 0 unspecified atom stereocenters. The van der Waals surface area contributed by atoms with Crippen LogP contribution < -0.4 is 10.6 Å². The third-order valence-corrected chi connectivity index (χ3v) is 5.57. The summed E-state index contributed by atoms with van der Waals surface area (Å²) in [4.78, 5) is 37.0. The first-order chi connectivity index (χ1) is 12.9. The normalized spacial score (nSPS) is 15.6. The van der Waals surface area contributed by atoms with Crippen LogP contribution in [0, 0.1) is 5.92 Å². The average Bonchev–Trinajstić information content (AvgIpc) is 3.04. The highest BCUT2D eigenvalue weighted by Crippen LogP contribution is 2.32. The summed E-state index contributed by atoms with van der Waals surface area (Å²) in [5.74, 6) is -0.397. The topological polar surface area (TPSA) is 84.5 Å². The van der Waals surface area contributed by atoms with E-state index in [9.17, 15) is 14.4 Å². The Morgan fingerprint density at radius 2 is 1.81 bits per heavy atom. The summed E-state index contributed by atoms with van der Waals surface area (Å²) in [7, 11) is 0. The molecule has 0 spiro atoms. The number of carbonyl (C=O) groups excluding carboxylic acids is 3. The Hall–Kier alpha value is -2.67. The number of hydrogen-bond acceptors (Lipinski definition) is 5. The van der Waals surface area contributed by atoms with Gasteiger partial charge in [-0.05, 0) is 61.1 Å². The lowest BCUT2D eigenvalue weighted by atomic mass is 9.90. The number of ether oxygens (including phenoxy) is 1. The number of hydrogen-bond donors (Lipinski definition) is 2. The molecular weight excluding hydrogens is 364 g/mol. The molecule has 2 aromatic rings. The fourth-order valence-corrected chi connectivity index (χ4v) is 4.15. The monoisotopic (exact) mass is 386 g/mol. The fraction of sp³-hybridized carbons (Fsp3) is 0.350. The second-order valence-corrected chi connectivity index (χ2v) is 7.93. The van der Waals surface area contributed by atoms with Crippen LogP contribution in [-0.4, -0.2) is 24.4 Å². The minimum Gasteiger partial charge on any atom is -0.451 e. The van der Waals surface area contributed by atoms with E-state index in [2.05, 4.69) is 17.6 Å². The van der Waals surface area contributed by atoms with E-state index in [1.165, 1.54) is 28.7 Å². The molecule has 1 aromatic carbocycles. The fourth-order valence-electron chi connectivity index (χ4n) is 3.05. The minimum absolute atomic E-state index is 0.164. The van der Waals surface area contributed by atoms with Crippen LogP contribution in [0.4, 0.5) is 11.4 Å². The first-order valence-corrected chi connectivity index (χ1v) is 9.68. The molecule has 0 radical (unpaired) electrons. The van der Waals surface area contributed by atoms with Gasteiger partial charge < -0.3 is 15.4 Å². The Morgan fingerprint density at radius 3 is 2.48 bits per heavy atom. The molecule has 2 N–H and O–H groups in total. The SMILES string of the molecule is CC(=O)Nc1ccc(NC(=O)COC(=O)c2cc3c(s2)CC[C@@H](C)C3)cc1. The van der Waals surface area contributed by atoms with Gasteiger partial charge in [-0.3, -0.25) is 9.59 Å². The molecule has 6 nitrogen and oxygen atoms in total. The highest BCUT2D eigenvalue weighted by Gasteiger charge is 2.21. The van der Waals surface area contributed by atoms with Gasteiger partial charge in [-0.15, -0.1) is 11.3 Å². The van der Waals surface area contributed by atoms with Crippen LogP contribution in [0.25, 0.3) is 0 Å². The van der Waals surface area contributed by atoms with Crippen molar-refractivity contribution in [2.45, 2.75) is 33.1 Å². The van der Waals surface area contributed by atoms with E-state index >= 15 is 0 Å². The van der Waals surface area contributed by atoms with E-state index in [1.54, 1.807) is 24.3 Å². The Kier molecular flexibility index (Phi) is 5.91. The molecule has 0 bridgehead atoms. The predicted octanol–water partition coefficient (Wildman–Crippen LogP) is 3.63. The number of thiophene rings is 1. The van der Waals surface area contributed by atoms with Crippen molar-refractivity contribution >= 4 is 40.5 Å². The van der Waals surface area contributed by atoms with Crippen LogP contribution >= 0.6 is 11.3 Å². The van der Waals surface area contributed by atoms with Gasteiger partial charge in [0.05, 0.1) is 0 Å². The third-order valence-electron chi connectivity index (χ3n) is 4.35. The number of carbonyl (C=O) groups is 3. The van der Waals surface area contributed by atoms with Crippen LogP contribution in [0.15, 0.2) is 30.3 Å². The maximum absolute atomic E-state index is 12.2. The van der Waals surface area contributed by atoms with Crippen molar-refractivity contribution in [3.05, 3.63) is 45.6 Å². The van der Waals surface area contributed by atoms with Crippen molar-refractivity contribution in [3.8, 4) is 0 Å².